The molecule has 0 atom stereocenters. The topological polar surface area (TPSA) is 106 Å². The Morgan fingerprint density at radius 3 is 2.52 bits per heavy atom. The minimum Gasteiger partial charge on any atom is -0.369 e. The number of hydrogen-bond donors (Lipinski definition) is 3. The van der Waals surface area contributed by atoms with Gasteiger partial charge >= 0.3 is 0 Å². The third-order valence-corrected chi connectivity index (χ3v) is 3.05. The van der Waals surface area contributed by atoms with Crippen LogP contribution in [0.3, 0.4) is 0 Å². The molecule has 0 amide bonds. The van der Waals surface area contributed by atoms with Gasteiger partial charge in [0.05, 0.1) is 17.1 Å². The highest BCUT2D eigenvalue weighted by Gasteiger charge is 2.10. The van der Waals surface area contributed by atoms with Crippen molar-refractivity contribution in [3.05, 3.63) is 57.1 Å². The number of nitrogens with one attached hydrogen (secondary N) is 2. The van der Waals surface area contributed by atoms with Crippen LogP contribution in [0.15, 0.2) is 36.4 Å². The lowest BCUT2D eigenvalue weighted by molar-refractivity contribution is -0.384. The predicted molar refractivity (Wildman–Crippen MR) is 82.3 cm³/mol. The first-order valence-electron chi connectivity index (χ1n) is 6.20. The standard InChI is InChI=1S/C13H14ClN5O2/c14-10-3-1-9(2-4-10)5-6-16-12-7-11(19(20)21)8-13(17-12)18-15/h1-4,7-8H,5-6,15H2,(H2,16,17,18). The van der Waals surface area contributed by atoms with Crippen LogP contribution in [0.1, 0.15) is 5.56 Å². The molecule has 8 heteroatoms. The maximum Gasteiger partial charge on any atom is 0.276 e. The van der Waals surface area contributed by atoms with Gasteiger partial charge in [0, 0.05) is 11.6 Å². The van der Waals surface area contributed by atoms with E-state index < -0.39 is 4.92 Å². The normalized spacial score (nSPS) is 10.2. The summed E-state index contributed by atoms with van der Waals surface area (Å²) in [5.74, 6) is 5.88. The van der Waals surface area contributed by atoms with Crippen molar-refractivity contribution in [3.63, 3.8) is 0 Å². The highest BCUT2D eigenvalue weighted by molar-refractivity contribution is 6.30. The van der Waals surface area contributed by atoms with Gasteiger partial charge in [-0.15, -0.1) is 0 Å². The number of pyridine rings is 1. The van der Waals surface area contributed by atoms with Gasteiger partial charge in [0.2, 0.25) is 0 Å². The Morgan fingerprint density at radius 1 is 1.24 bits per heavy atom. The number of nitro groups is 1. The SMILES string of the molecule is NNc1cc([N+](=O)[O-])cc(NCCc2ccc(Cl)cc2)n1. The first-order valence-corrected chi connectivity index (χ1v) is 6.57. The Morgan fingerprint density at radius 2 is 1.90 bits per heavy atom. The van der Waals surface area contributed by atoms with Crippen LogP contribution in [-0.4, -0.2) is 16.5 Å². The van der Waals surface area contributed by atoms with Gasteiger partial charge in [0.1, 0.15) is 11.6 Å². The maximum absolute atomic E-state index is 10.8. The number of nitrogens with two attached hydrogens (primary N) is 1. The van der Waals surface area contributed by atoms with Crippen LogP contribution < -0.4 is 16.6 Å². The number of halogens is 1. The number of anilines is 2. The summed E-state index contributed by atoms with van der Waals surface area (Å²) in [5.41, 5.74) is 3.34. The van der Waals surface area contributed by atoms with E-state index in [0.29, 0.717) is 17.4 Å². The predicted octanol–water partition coefficient (Wildman–Crippen LogP) is 2.58. The molecule has 2 aromatic rings. The molecule has 0 aliphatic rings. The largest absolute Gasteiger partial charge is 0.369 e. The monoisotopic (exact) mass is 307 g/mol. The highest BCUT2D eigenvalue weighted by Crippen LogP contribution is 2.20. The van der Waals surface area contributed by atoms with E-state index in [1.54, 1.807) is 0 Å². The fourth-order valence-electron chi connectivity index (χ4n) is 1.77. The molecular formula is C13H14ClN5O2. The minimum atomic E-state index is -0.493. The molecule has 1 aromatic carbocycles. The second kappa shape index (κ2) is 6.87. The summed E-state index contributed by atoms with van der Waals surface area (Å²) in [6.45, 7) is 0.583. The average molecular weight is 308 g/mol. The van der Waals surface area contributed by atoms with E-state index in [2.05, 4.69) is 15.7 Å². The van der Waals surface area contributed by atoms with Crippen molar-refractivity contribution in [2.75, 3.05) is 17.3 Å². The number of nitrogen functional groups attached to an aromatic ring is 1. The first kappa shape index (κ1) is 15.0. The molecule has 0 fully saturated rings. The van der Waals surface area contributed by atoms with Gasteiger partial charge < -0.3 is 10.7 Å². The van der Waals surface area contributed by atoms with Crippen LogP contribution in [0.2, 0.25) is 5.02 Å². The molecule has 0 spiro atoms. The second-order valence-electron chi connectivity index (χ2n) is 4.30. The van der Waals surface area contributed by atoms with E-state index in [1.165, 1.54) is 12.1 Å². The van der Waals surface area contributed by atoms with Gasteiger partial charge in [0.15, 0.2) is 0 Å². The van der Waals surface area contributed by atoms with Crippen molar-refractivity contribution >= 4 is 28.9 Å². The van der Waals surface area contributed by atoms with E-state index >= 15 is 0 Å². The molecule has 0 aliphatic heterocycles. The molecule has 0 aliphatic carbocycles. The van der Waals surface area contributed by atoms with Gasteiger partial charge in [-0.3, -0.25) is 10.1 Å². The summed E-state index contributed by atoms with van der Waals surface area (Å²) in [7, 11) is 0. The molecule has 0 bridgehead atoms. The van der Waals surface area contributed by atoms with E-state index in [0.717, 1.165) is 12.0 Å². The Labute approximate surface area is 126 Å². The molecule has 4 N–H and O–H groups in total. The first-order chi connectivity index (χ1) is 10.1. The van der Waals surface area contributed by atoms with E-state index in [4.69, 9.17) is 17.4 Å². The minimum absolute atomic E-state index is 0.0769. The zero-order chi connectivity index (χ0) is 15.2. The Bertz CT molecular complexity index is 633. The lowest BCUT2D eigenvalue weighted by atomic mass is 10.1. The van der Waals surface area contributed by atoms with Crippen molar-refractivity contribution in [2.45, 2.75) is 6.42 Å². The smallest absolute Gasteiger partial charge is 0.276 e. The van der Waals surface area contributed by atoms with Crippen molar-refractivity contribution < 1.29 is 4.92 Å². The van der Waals surface area contributed by atoms with Crippen LogP contribution in [0, 0.1) is 10.1 Å². The van der Waals surface area contributed by atoms with Crippen molar-refractivity contribution in [2.24, 2.45) is 5.84 Å². The molecular weight excluding hydrogens is 294 g/mol. The van der Waals surface area contributed by atoms with Crippen molar-refractivity contribution in [3.8, 4) is 0 Å². The Hall–Kier alpha value is -2.38. The van der Waals surface area contributed by atoms with Gasteiger partial charge in [-0.25, -0.2) is 10.8 Å². The maximum atomic E-state index is 10.8. The Kier molecular flexibility index (Phi) is 4.91. The fraction of sp³-hybridized carbons (Fsp3) is 0.154. The van der Waals surface area contributed by atoms with Gasteiger partial charge in [-0.1, -0.05) is 23.7 Å². The number of rotatable bonds is 6. The molecule has 1 heterocycles. The summed E-state index contributed by atoms with van der Waals surface area (Å²) in [5, 5.41) is 14.5. The van der Waals surface area contributed by atoms with Crippen molar-refractivity contribution in [1.29, 1.82) is 0 Å². The molecule has 0 saturated carbocycles. The summed E-state index contributed by atoms with van der Waals surface area (Å²) in [6, 6.07) is 10.1. The van der Waals surface area contributed by atoms with Crippen LogP contribution in [0.25, 0.3) is 0 Å². The van der Waals surface area contributed by atoms with E-state index in [1.807, 2.05) is 24.3 Å². The zero-order valence-corrected chi connectivity index (χ0v) is 11.8. The zero-order valence-electron chi connectivity index (χ0n) is 11.0. The third-order valence-electron chi connectivity index (χ3n) is 2.80. The lowest BCUT2D eigenvalue weighted by Crippen LogP contribution is -2.12. The summed E-state index contributed by atoms with van der Waals surface area (Å²) in [4.78, 5) is 14.4. The molecule has 0 unspecified atom stereocenters. The highest BCUT2D eigenvalue weighted by atomic mass is 35.5. The van der Waals surface area contributed by atoms with Gasteiger partial charge in [-0.2, -0.15) is 0 Å². The van der Waals surface area contributed by atoms with Crippen molar-refractivity contribution in [1.82, 2.24) is 4.98 Å². The number of hydrogen-bond acceptors (Lipinski definition) is 6. The lowest BCUT2D eigenvalue weighted by Gasteiger charge is -2.07. The fourth-order valence-corrected chi connectivity index (χ4v) is 1.90. The van der Waals surface area contributed by atoms with Crippen LogP contribution >= 0.6 is 11.6 Å². The summed E-state index contributed by atoms with van der Waals surface area (Å²) < 4.78 is 0. The van der Waals surface area contributed by atoms with Crippen LogP contribution in [0.4, 0.5) is 17.3 Å². The molecule has 0 saturated heterocycles. The number of benzene rings is 1. The van der Waals surface area contributed by atoms with Gasteiger partial charge in [0.25, 0.3) is 5.69 Å². The summed E-state index contributed by atoms with van der Waals surface area (Å²) in [6.07, 6.45) is 0.743. The molecule has 110 valence electrons. The van der Waals surface area contributed by atoms with Crippen LogP contribution in [-0.2, 0) is 6.42 Å². The molecule has 7 nitrogen and oxygen atoms in total. The third kappa shape index (κ3) is 4.30. The molecule has 1 aromatic heterocycles. The molecule has 21 heavy (non-hydrogen) atoms. The van der Waals surface area contributed by atoms with E-state index in [-0.39, 0.29) is 11.5 Å². The summed E-state index contributed by atoms with van der Waals surface area (Å²) >= 11 is 5.81. The molecule has 0 radical (unpaired) electrons. The van der Waals surface area contributed by atoms with Crippen LogP contribution in [0.5, 0.6) is 0 Å². The number of aromatic nitrogens is 1. The van der Waals surface area contributed by atoms with E-state index in [9.17, 15) is 10.1 Å². The quantitative estimate of drug-likeness (QED) is 0.430. The van der Waals surface area contributed by atoms with Gasteiger partial charge in [-0.05, 0) is 24.1 Å². The number of nitrogens with zero attached hydrogens (tertiary/aromatic N) is 2. The number of hydrazine groups is 1. The Balaban J connectivity index is 2.00. The second-order valence-corrected chi connectivity index (χ2v) is 4.74. The molecule has 2 rings (SSSR count). The average Bonchev–Trinajstić information content (AvgIpc) is 2.49.